The summed E-state index contributed by atoms with van der Waals surface area (Å²) >= 11 is 0. The molecule has 1 heterocycles. The normalized spacial score (nSPS) is 18.5. The van der Waals surface area contributed by atoms with Crippen molar-refractivity contribution in [3.63, 3.8) is 0 Å². The van der Waals surface area contributed by atoms with Crippen LogP contribution in [-0.2, 0) is 0 Å². The number of nitrogens with two attached hydrogens (primary N) is 1. The van der Waals surface area contributed by atoms with E-state index in [1.165, 1.54) is 5.56 Å². The van der Waals surface area contributed by atoms with Crippen molar-refractivity contribution in [2.45, 2.75) is 19.9 Å². The lowest BCUT2D eigenvalue weighted by Gasteiger charge is -2.11. The molecule has 1 unspecified atom stereocenters. The van der Waals surface area contributed by atoms with E-state index < -0.39 is 0 Å². The van der Waals surface area contributed by atoms with Gasteiger partial charge in [-0.1, -0.05) is 38.1 Å². The molecule has 0 amide bonds. The van der Waals surface area contributed by atoms with Crippen molar-refractivity contribution in [3.05, 3.63) is 35.9 Å². The van der Waals surface area contributed by atoms with Crippen molar-refractivity contribution in [2.24, 2.45) is 16.6 Å². The molecular formula is C13H16N2. The number of benzene rings is 1. The van der Waals surface area contributed by atoms with Crippen LogP contribution in [-0.4, -0.2) is 12.3 Å². The van der Waals surface area contributed by atoms with Crippen molar-refractivity contribution in [1.29, 1.82) is 0 Å². The van der Waals surface area contributed by atoms with Gasteiger partial charge in [-0.2, -0.15) is 0 Å². The summed E-state index contributed by atoms with van der Waals surface area (Å²) in [5, 5.41) is 0. The Balaban J connectivity index is 2.32. The summed E-state index contributed by atoms with van der Waals surface area (Å²) in [6.07, 6.45) is 3.99. The molecule has 2 N–H and O–H groups in total. The van der Waals surface area contributed by atoms with Crippen LogP contribution in [0.4, 0.5) is 5.69 Å². The molecule has 1 atom stereocenters. The van der Waals surface area contributed by atoms with Crippen LogP contribution in [0.25, 0.3) is 5.57 Å². The Bertz CT molecular complexity index is 416. The molecule has 0 aromatic heterocycles. The average molecular weight is 200 g/mol. The Kier molecular flexibility index (Phi) is 2.69. The van der Waals surface area contributed by atoms with Gasteiger partial charge in [-0.15, -0.1) is 0 Å². The van der Waals surface area contributed by atoms with Crippen LogP contribution in [0.5, 0.6) is 0 Å². The fourth-order valence-electron chi connectivity index (χ4n) is 1.57. The first-order valence-corrected chi connectivity index (χ1v) is 5.29. The molecule has 2 nitrogen and oxygen atoms in total. The number of para-hydroxylation sites is 1. The standard InChI is InChI=1S/C13H16N2/c1-9(2)12(14)7-10-8-15-13-6-4-3-5-11(10)13/h3-9,12H,14H2,1-2H3. The largest absolute Gasteiger partial charge is 0.324 e. The van der Waals surface area contributed by atoms with Crippen LogP contribution < -0.4 is 5.73 Å². The van der Waals surface area contributed by atoms with Crippen molar-refractivity contribution in [3.8, 4) is 0 Å². The molecule has 0 spiro atoms. The number of rotatable bonds is 2. The lowest BCUT2D eigenvalue weighted by atomic mass is 9.99. The fourth-order valence-corrected chi connectivity index (χ4v) is 1.57. The first-order valence-electron chi connectivity index (χ1n) is 5.29. The molecule has 2 rings (SSSR count). The number of hydrogen-bond acceptors (Lipinski definition) is 2. The van der Waals surface area contributed by atoms with E-state index >= 15 is 0 Å². The Labute approximate surface area is 90.5 Å². The zero-order valence-corrected chi connectivity index (χ0v) is 9.14. The van der Waals surface area contributed by atoms with Crippen LogP contribution in [0.3, 0.4) is 0 Å². The number of nitrogens with zero attached hydrogens (tertiary/aromatic N) is 1. The molecule has 1 aromatic rings. The van der Waals surface area contributed by atoms with Crippen LogP contribution in [0.15, 0.2) is 35.3 Å². The van der Waals surface area contributed by atoms with E-state index in [2.05, 4.69) is 31.0 Å². The maximum absolute atomic E-state index is 6.02. The zero-order chi connectivity index (χ0) is 10.8. The van der Waals surface area contributed by atoms with Crippen LogP contribution in [0.2, 0.25) is 0 Å². The van der Waals surface area contributed by atoms with Gasteiger partial charge >= 0.3 is 0 Å². The van der Waals surface area contributed by atoms with Gasteiger partial charge < -0.3 is 5.73 Å². The van der Waals surface area contributed by atoms with E-state index in [4.69, 9.17) is 5.73 Å². The molecule has 2 heteroatoms. The lowest BCUT2D eigenvalue weighted by Crippen LogP contribution is -2.23. The molecule has 0 fully saturated rings. The minimum atomic E-state index is 0.0950. The van der Waals surface area contributed by atoms with Gasteiger partial charge in [-0.3, -0.25) is 4.99 Å². The monoisotopic (exact) mass is 200 g/mol. The van der Waals surface area contributed by atoms with E-state index in [1.54, 1.807) is 0 Å². The van der Waals surface area contributed by atoms with E-state index in [0.29, 0.717) is 5.92 Å². The summed E-state index contributed by atoms with van der Waals surface area (Å²) in [7, 11) is 0. The van der Waals surface area contributed by atoms with Crippen LogP contribution >= 0.6 is 0 Å². The molecule has 1 aromatic carbocycles. The molecule has 0 aliphatic carbocycles. The van der Waals surface area contributed by atoms with Gasteiger partial charge in [0.1, 0.15) is 0 Å². The highest BCUT2D eigenvalue weighted by atomic mass is 14.8. The van der Waals surface area contributed by atoms with Crippen LogP contribution in [0, 0.1) is 5.92 Å². The third kappa shape index (κ3) is 2.00. The Morgan fingerprint density at radius 2 is 2.00 bits per heavy atom. The summed E-state index contributed by atoms with van der Waals surface area (Å²) in [5.74, 6) is 0.457. The lowest BCUT2D eigenvalue weighted by molar-refractivity contribution is 0.572. The van der Waals surface area contributed by atoms with Crippen molar-refractivity contribution < 1.29 is 0 Å². The van der Waals surface area contributed by atoms with E-state index in [-0.39, 0.29) is 6.04 Å². The maximum Gasteiger partial charge on any atom is 0.0708 e. The van der Waals surface area contributed by atoms with Gasteiger partial charge in [0, 0.05) is 17.8 Å². The summed E-state index contributed by atoms with van der Waals surface area (Å²) in [6, 6.07) is 8.23. The summed E-state index contributed by atoms with van der Waals surface area (Å²) < 4.78 is 0. The number of fused-ring (bicyclic) bond motifs is 1. The van der Waals surface area contributed by atoms with E-state index in [1.807, 2.05) is 24.4 Å². The summed E-state index contributed by atoms with van der Waals surface area (Å²) in [4.78, 5) is 4.34. The molecule has 1 aliphatic heterocycles. The smallest absolute Gasteiger partial charge is 0.0708 e. The van der Waals surface area contributed by atoms with Crippen molar-refractivity contribution >= 4 is 17.5 Å². The van der Waals surface area contributed by atoms with Gasteiger partial charge in [0.2, 0.25) is 0 Å². The molecule has 0 saturated heterocycles. The van der Waals surface area contributed by atoms with Crippen molar-refractivity contribution in [2.75, 3.05) is 0 Å². The molecule has 0 saturated carbocycles. The number of aliphatic imine (C=N–C) groups is 1. The maximum atomic E-state index is 6.02. The van der Waals surface area contributed by atoms with Crippen LogP contribution in [0.1, 0.15) is 19.4 Å². The Morgan fingerprint density at radius 1 is 1.27 bits per heavy atom. The van der Waals surface area contributed by atoms with Gasteiger partial charge in [-0.25, -0.2) is 0 Å². The van der Waals surface area contributed by atoms with E-state index in [0.717, 1.165) is 11.3 Å². The first kappa shape index (κ1) is 10.1. The summed E-state index contributed by atoms with van der Waals surface area (Å²) in [6.45, 7) is 4.25. The van der Waals surface area contributed by atoms with Gasteiger partial charge in [0.05, 0.1) is 5.69 Å². The minimum Gasteiger partial charge on any atom is -0.324 e. The SMILES string of the molecule is CC(C)C(N)C=C1C=Nc2ccccc21. The predicted molar refractivity (Wildman–Crippen MR) is 65.4 cm³/mol. The van der Waals surface area contributed by atoms with Gasteiger partial charge in [0.15, 0.2) is 0 Å². The minimum absolute atomic E-state index is 0.0950. The van der Waals surface area contributed by atoms with Crippen molar-refractivity contribution in [1.82, 2.24) is 0 Å². The molecule has 0 radical (unpaired) electrons. The molecular weight excluding hydrogens is 184 g/mol. The third-order valence-corrected chi connectivity index (χ3v) is 2.70. The highest BCUT2D eigenvalue weighted by Gasteiger charge is 2.13. The molecule has 1 aliphatic rings. The second-order valence-corrected chi connectivity index (χ2v) is 4.22. The fraction of sp³-hybridized carbons (Fsp3) is 0.308. The number of allylic oxidation sites excluding steroid dienone is 1. The number of hydrogen-bond donors (Lipinski definition) is 1. The van der Waals surface area contributed by atoms with Gasteiger partial charge in [0.25, 0.3) is 0 Å². The Morgan fingerprint density at radius 3 is 2.73 bits per heavy atom. The average Bonchev–Trinajstić information content (AvgIpc) is 2.62. The molecule has 78 valence electrons. The predicted octanol–water partition coefficient (Wildman–Crippen LogP) is 2.77. The molecule has 15 heavy (non-hydrogen) atoms. The second-order valence-electron chi connectivity index (χ2n) is 4.22. The third-order valence-electron chi connectivity index (χ3n) is 2.70. The zero-order valence-electron chi connectivity index (χ0n) is 9.14. The quantitative estimate of drug-likeness (QED) is 0.783. The Hall–Kier alpha value is -1.41. The molecule has 0 bridgehead atoms. The summed E-state index contributed by atoms with van der Waals surface area (Å²) in [5.41, 5.74) is 9.39. The van der Waals surface area contributed by atoms with E-state index in [9.17, 15) is 0 Å². The van der Waals surface area contributed by atoms with Gasteiger partial charge in [-0.05, 0) is 17.6 Å². The topological polar surface area (TPSA) is 38.4 Å². The first-order chi connectivity index (χ1) is 7.18. The second kappa shape index (κ2) is 3.99. The highest BCUT2D eigenvalue weighted by Crippen LogP contribution is 2.31. The highest BCUT2D eigenvalue weighted by molar-refractivity contribution is 6.16.